The van der Waals surface area contributed by atoms with Crippen molar-refractivity contribution < 1.29 is 0 Å². The van der Waals surface area contributed by atoms with Crippen LogP contribution in [0.1, 0.15) is 13.0 Å². The molecule has 5 heteroatoms. The van der Waals surface area contributed by atoms with Crippen LogP contribution in [0.2, 0.25) is 0 Å². The third-order valence-electron chi connectivity index (χ3n) is 2.72. The van der Waals surface area contributed by atoms with E-state index < -0.39 is 0 Å². The first-order valence-corrected chi connectivity index (χ1v) is 6.47. The SMILES string of the molecule is CC(CN)n1nc(-c2ccc(Br)cc2)ccc1=O. The minimum absolute atomic E-state index is 0.104. The Balaban J connectivity index is 2.47. The summed E-state index contributed by atoms with van der Waals surface area (Å²) in [6, 6.07) is 10.9. The molecular weight excluding hydrogens is 294 g/mol. The van der Waals surface area contributed by atoms with Crippen LogP contribution in [0, 0.1) is 0 Å². The summed E-state index contributed by atoms with van der Waals surface area (Å²) in [7, 11) is 0. The Morgan fingerprint density at radius 3 is 2.56 bits per heavy atom. The van der Waals surface area contributed by atoms with Crippen LogP contribution < -0.4 is 11.3 Å². The Morgan fingerprint density at radius 2 is 1.94 bits per heavy atom. The van der Waals surface area contributed by atoms with Gasteiger partial charge in [0.25, 0.3) is 5.56 Å². The molecule has 4 nitrogen and oxygen atoms in total. The summed E-state index contributed by atoms with van der Waals surface area (Å²) >= 11 is 3.39. The normalized spacial score (nSPS) is 12.4. The Kier molecular flexibility index (Phi) is 3.93. The van der Waals surface area contributed by atoms with E-state index in [0.29, 0.717) is 6.54 Å². The zero-order valence-electron chi connectivity index (χ0n) is 10.0. The Bertz CT molecular complexity index is 592. The first kappa shape index (κ1) is 13.0. The molecule has 0 spiro atoms. The molecule has 2 aromatic rings. The molecular formula is C13H14BrN3O. The third kappa shape index (κ3) is 2.68. The van der Waals surface area contributed by atoms with E-state index in [9.17, 15) is 4.79 Å². The van der Waals surface area contributed by atoms with Gasteiger partial charge in [-0.15, -0.1) is 0 Å². The van der Waals surface area contributed by atoms with Gasteiger partial charge in [0.05, 0.1) is 11.7 Å². The maximum absolute atomic E-state index is 11.7. The van der Waals surface area contributed by atoms with Crippen molar-refractivity contribution >= 4 is 15.9 Å². The molecule has 0 aliphatic heterocycles. The Hall–Kier alpha value is -1.46. The van der Waals surface area contributed by atoms with Gasteiger partial charge in [0.1, 0.15) is 0 Å². The van der Waals surface area contributed by atoms with Crippen LogP contribution in [0.4, 0.5) is 0 Å². The summed E-state index contributed by atoms with van der Waals surface area (Å²) in [5.41, 5.74) is 7.18. The van der Waals surface area contributed by atoms with Crippen molar-refractivity contribution in [3.8, 4) is 11.3 Å². The summed E-state index contributed by atoms with van der Waals surface area (Å²) in [5, 5.41) is 4.35. The largest absolute Gasteiger partial charge is 0.328 e. The first-order valence-electron chi connectivity index (χ1n) is 5.67. The second-order valence-corrected chi connectivity index (χ2v) is 5.01. The van der Waals surface area contributed by atoms with Crippen LogP contribution in [0.3, 0.4) is 0 Å². The average Bonchev–Trinajstić information content (AvgIpc) is 2.39. The molecule has 1 aromatic heterocycles. The first-order chi connectivity index (χ1) is 8.61. The van der Waals surface area contributed by atoms with Crippen molar-refractivity contribution in [1.29, 1.82) is 0 Å². The van der Waals surface area contributed by atoms with Crippen LogP contribution in [0.15, 0.2) is 45.7 Å². The fourth-order valence-electron chi connectivity index (χ4n) is 1.62. The molecule has 0 fully saturated rings. The summed E-state index contributed by atoms with van der Waals surface area (Å²) < 4.78 is 2.44. The van der Waals surface area contributed by atoms with E-state index in [4.69, 9.17) is 5.73 Å². The zero-order valence-corrected chi connectivity index (χ0v) is 11.6. The van der Waals surface area contributed by atoms with Crippen LogP contribution in [0.25, 0.3) is 11.3 Å². The van der Waals surface area contributed by atoms with Gasteiger partial charge in [-0.05, 0) is 25.1 Å². The van der Waals surface area contributed by atoms with Crippen molar-refractivity contribution in [2.45, 2.75) is 13.0 Å². The minimum atomic E-state index is -0.131. The van der Waals surface area contributed by atoms with E-state index in [2.05, 4.69) is 21.0 Å². The highest BCUT2D eigenvalue weighted by atomic mass is 79.9. The molecule has 0 aliphatic rings. The van der Waals surface area contributed by atoms with Gasteiger partial charge < -0.3 is 5.73 Å². The fourth-order valence-corrected chi connectivity index (χ4v) is 1.88. The van der Waals surface area contributed by atoms with Gasteiger partial charge in [0.15, 0.2) is 0 Å². The lowest BCUT2D eigenvalue weighted by molar-refractivity contribution is 0.477. The molecule has 2 N–H and O–H groups in total. The molecule has 0 saturated heterocycles. The Labute approximate surface area is 114 Å². The Morgan fingerprint density at radius 1 is 1.28 bits per heavy atom. The van der Waals surface area contributed by atoms with E-state index in [0.717, 1.165) is 15.7 Å². The van der Waals surface area contributed by atoms with Crippen LogP contribution >= 0.6 is 15.9 Å². The fraction of sp³-hybridized carbons (Fsp3) is 0.231. The van der Waals surface area contributed by atoms with E-state index in [1.807, 2.05) is 31.2 Å². The predicted octanol–water partition coefficient (Wildman–Crippen LogP) is 2.19. The summed E-state index contributed by atoms with van der Waals surface area (Å²) in [6.07, 6.45) is 0. The van der Waals surface area contributed by atoms with Crippen LogP contribution in [-0.2, 0) is 0 Å². The van der Waals surface area contributed by atoms with Gasteiger partial charge in [-0.25, -0.2) is 4.68 Å². The topological polar surface area (TPSA) is 60.9 Å². The highest BCUT2D eigenvalue weighted by Gasteiger charge is 2.08. The number of hydrogen-bond acceptors (Lipinski definition) is 3. The van der Waals surface area contributed by atoms with Crippen molar-refractivity contribution in [2.24, 2.45) is 5.73 Å². The lowest BCUT2D eigenvalue weighted by Crippen LogP contribution is -2.29. The second-order valence-electron chi connectivity index (χ2n) is 4.09. The predicted molar refractivity (Wildman–Crippen MR) is 75.4 cm³/mol. The summed E-state index contributed by atoms with van der Waals surface area (Å²) in [5.74, 6) is 0. The van der Waals surface area contributed by atoms with Crippen molar-refractivity contribution in [2.75, 3.05) is 6.54 Å². The molecule has 1 unspecified atom stereocenters. The zero-order chi connectivity index (χ0) is 13.1. The van der Waals surface area contributed by atoms with Crippen LogP contribution in [0.5, 0.6) is 0 Å². The van der Waals surface area contributed by atoms with E-state index in [1.165, 1.54) is 10.7 Å². The number of aromatic nitrogens is 2. The molecule has 0 radical (unpaired) electrons. The van der Waals surface area contributed by atoms with Gasteiger partial charge in [-0.2, -0.15) is 5.10 Å². The summed E-state index contributed by atoms with van der Waals surface area (Å²) in [6.45, 7) is 2.26. The van der Waals surface area contributed by atoms with E-state index in [-0.39, 0.29) is 11.6 Å². The van der Waals surface area contributed by atoms with Gasteiger partial charge >= 0.3 is 0 Å². The van der Waals surface area contributed by atoms with Crippen LogP contribution in [-0.4, -0.2) is 16.3 Å². The average molecular weight is 308 g/mol. The van der Waals surface area contributed by atoms with Crippen molar-refractivity contribution in [3.05, 3.63) is 51.2 Å². The monoisotopic (exact) mass is 307 g/mol. The number of rotatable bonds is 3. The maximum Gasteiger partial charge on any atom is 0.267 e. The molecule has 0 amide bonds. The molecule has 1 atom stereocenters. The lowest BCUT2D eigenvalue weighted by atomic mass is 10.1. The third-order valence-corrected chi connectivity index (χ3v) is 3.25. The minimum Gasteiger partial charge on any atom is -0.328 e. The van der Waals surface area contributed by atoms with Gasteiger partial charge in [0.2, 0.25) is 0 Å². The molecule has 0 bridgehead atoms. The van der Waals surface area contributed by atoms with Crippen molar-refractivity contribution in [3.63, 3.8) is 0 Å². The van der Waals surface area contributed by atoms with Gasteiger partial charge in [-0.3, -0.25) is 4.79 Å². The molecule has 0 aliphatic carbocycles. The summed E-state index contributed by atoms with van der Waals surface area (Å²) in [4.78, 5) is 11.7. The maximum atomic E-state index is 11.7. The molecule has 94 valence electrons. The number of benzene rings is 1. The number of halogens is 1. The highest BCUT2D eigenvalue weighted by molar-refractivity contribution is 9.10. The molecule has 2 rings (SSSR count). The van der Waals surface area contributed by atoms with E-state index in [1.54, 1.807) is 6.07 Å². The molecule has 1 heterocycles. The quantitative estimate of drug-likeness (QED) is 0.945. The number of nitrogens with two attached hydrogens (primary N) is 1. The molecule has 0 saturated carbocycles. The lowest BCUT2D eigenvalue weighted by Gasteiger charge is -2.12. The molecule has 1 aromatic carbocycles. The second kappa shape index (κ2) is 5.46. The van der Waals surface area contributed by atoms with Gasteiger partial charge in [0, 0.05) is 22.6 Å². The molecule has 18 heavy (non-hydrogen) atoms. The standard InChI is InChI=1S/C13H14BrN3O/c1-9(8-15)17-13(18)7-6-12(16-17)10-2-4-11(14)5-3-10/h2-7,9H,8,15H2,1H3. The number of nitrogens with zero attached hydrogens (tertiary/aromatic N) is 2. The van der Waals surface area contributed by atoms with Crippen molar-refractivity contribution in [1.82, 2.24) is 9.78 Å². The smallest absolute Gasteiger partial charge is 0.267 e. The highest BCUT2D eigenvalue weighted by Crippen LogP contribution is 2.19. The van der Waals surface area contributed by atoms with Gasteiger partial charge in [-0.1, -0.05) is 28.1 Å². The van der Waals surface area contributed by atoms with E-state index >= 15 is 0 Å². The number of hydrogen-bond donors (Lipinski definition) is 1.